The fraction of sp³-hybridized carbons (Fsp3) is 0.278. The Kier molecular flexibility index (Phi) is 4.46. The van der Waals surface area contributed by atoms with Crippen LogP contribution in [0.3, 0.4) is 0 Å². The maximum Gasteiger partial charge on any atom is 0.223 e. The van der Waals surface area contributed by atoms with E-state index in [-0.39, 0.29) is 17.2 Å². The van der Waals surface area contributed by atoms with E-state index in [2.05, 4.69) is 17.2 Å². The molecule has 1 unspecified atom stereocenters. The van der Waals surface area contributed by atoms with Crippen LogP contribution in [0.25, 0.3) is 11.3 Å². The molecular weight excluding hydrogens is 304 g/mol. The lowest BCUT2D eigenvalue weighted by Crippen LogP contribution is -2.19. The van der Waals surface area contributed by atoms with E-state index >= 15 is 0 Å². The predicted molar refractivity (Wildman–Crippen MR) is 91.9 cm³/mol. The SMILES string of the molecule is CCC(Cn1ccc(=O)c(O)c1C)n1cc(-c2ccccc2)nn1. The first-order valence-electron chi connectivity index (χ1n) is 7.96. The number of nitrogens with zero attached hydrogens (tertiary/aromatic N) is 4. The van der Waals surface area contributed by atoms with Crippen LogP contribution in [0.4, 0.5) is 0 Å². The number of rotatable bonds is 5. The minimum Gasteiger partial charge on any atom is -0.503 e. The number of aromatic hydroxyl groups is 1. The Hall–Kier alpha value is -2.89. The monoisotopic (exact) mass is 324 g/mol. The van der Waals surface area contributed by atoms with E-state index in [0.717, 1.165) is 17.7 Å². The molecule has 6 heteroatoms. The maximum absolute atomic E-state index is 11.5. The van der Waals surface area contributed by atoms with Gasteiger partial charge >= 0.3 is 0 Å². The first-order chi connectivity index (χ1) is 11.6. The smallest absolute Gasteiger partial charge is 0.223 e. The quantitative estimate of drug-likeness (QED) is 0.783. The molecule has 2 aromatic heterocycles. The molecule has 0 amide bonds. The number of benzene rings is 1. The molecule has 0 radical (unpaired) electrons. The third-order valence-corrected chi connectivity index (χ3v) is 4.25. The van der Waals surface area contributed by atoms with E-state index < -0.39 is 0 Å². The van der Waals surface area contributed by atoms with Gasteiger partial charge in [-0.2, -0.15) is 0 Å². The third-order valence-electron chi connectivity index (χ3n) is 4.25. The van der Waals surface area contributed by atoms with Crippen LogP contribution < -0.4 is 5.43 Å². The zero-order chi connectivity index (χ0) is 17.1. The first-order valence-corrected chi connectivity index (χ1v) is 7.96. The van der Waals surface area contributed by atoms with Crippen molar-refractivity contribution >= 4 is 0 Å². The van der Waals surface area contributed by atoms with Crippen molar-refractivity contribution in [3.8, 4) is 17.0 Å². The highest BCUT2D eigenvalue weighted by Crippen LogP contribution is 2.20. The Labute approximate surface area is 140 Å². The van der Waals surface area contributed by atoms with Gasteiger partial charge < -0.3 is 9.67 Å². The molecule has 0 aliphatic heterocycles. The zero-order valence-electron chi connectivity index (χ0n) is 13.8. The van der Waals surface area contributed by atoms with Gasteiger partial charge in [0.25, 0.3) is 0 Å². The van der Waals surface area contributed by atoms with Crippen molar-refractivity contribution in [1.82, 2.24) is 19.6 Å². The maximum atomic E-state index is 11.5. The van der Waals surface area contributed by atoms with Crippen LogP contribution in [0.1, 0.15) is 25.1 Å². The summed E-state index contributed by atoms with van der Waals surface area (Å²) < 4.78 is 3.71. The van der Waals surface area contributed by atoms with Crippen LogP contribution in [0.5, 0.6) is 5.75 Å². The molecule has 0 saturated heterocycles. The summed E-state index contributed by atoms with van der Waals surface area (Å²) in [5.74, 6) is -0.198. The van der Waals surface area contributed by atoms with Crippen LogP contribution in [0.15, 0.2) is 53.6 Å². The molecule has 2 heterocycles. The number of hydrogen-bond acceptors (Lipinski definition) is 4. The van der Waals surface area contributed by atoms with Gasteiger partial charge in [-0.15, -0.1) is 5.10 Å². The summed E-state index contributed by atoms with van der Waals surface area (Å²) in [6.07, 6.45) is 4.49. The number of aromatic nitrogens is 4. The standard InChI is InChI=1S/C18H20N4O2/c1-3-15(11-21-10-9-17(23)18(24)13(21)2)22-12-16(19-20-22)14-7-5-4-6-8-14/h4-10,12,15,24H,3,11H2,1-2H3. The lowest BCUT2D eigenvalue weighted by atomic mass is 10.1. The Morgan fingerprint density at radius 2 is 1.96 bits per heavy atom. The van der Waals surface area contributed by atoms with Crippen molar-refractivity contribution in [2.45, 2.75) is 32.9 Å². The van der Waals surface area contributed by atoms with Gasteiger partial charge in [0.05, 0.1) is 17.9 Å². The molecule has 0 bridgehead atoms. The molecule has 24 heavy (non-hydrogen) atoms. The van der Waals surface area contributed by atoms with Crippen LogP contribution in [-0.2, 0) is 6.54 Å². The normalized spacial score (nSPS) is 12.2. The third kappa shape index (κ3) is 3.08. The summed E-state index contributed by atoms with van der Waals surface area (Å²) in [5.41, 5.74) is 2.05. The number of pyridine rings is 1. The first kappa shape index (κ1) is 16.0. The molecule has 3 rings (SSSR count). The minimum atomic E-state index is -0.357. The zero-order valence-corrected chi connectivity index (χ0v) is 13.8. The highest BCUT2D eigenvalue weighted by molar-refractivity contribution is 5.57. The summed E-state index contributed by atoms with van der Waals surface area (Å²) in [6.45, 7) is 4.42. The Balaban J connectivity index is 1.87. The minimum absolute atomic E-state index is 0.0792. The Morgan fingerprint density at radius 3 is 2.67 bits per heavy atom. The van der Waals surface area contributed by atoms with E-state index in [4.69, 9.17) is 0 Å². The van der Waals surface area contributed by atoms with E-state index in [1.807, 2.05) is 45.8 Å². The summed E-state index contributed by atoms with van der Waals surface area (Å²) in [4.78, 5) is 11.5. The topological polar surface area (TPSA) is 72.9 Å². The van der Waals surface area contributed by atoms with Gasteiger partial charge in [-0.05, 0) is 13.3 Å². The molecular formula is C18H20N4O2. The van der Waals surface area contributed by atoms with E-state index in [0.29, 0.717) is 12.2 Å². The van der Waals surface area contributed by atoms with Crippen molar-refractivity contribution in [1.29, 1.82) is 0 Å². The highest BCUT2D eigenvalue weighted by atomic mass is 16.3. The van der Waals surface area contributed by atoms with Crippen molar-refractivity contribution < 1.29 is 5.11 Å². The fourth-order valence-electron chi connectivity index (χ4n) is 2.68. The molecule has 0 spiro atoms. The Bertz CT molecular complexity index is 884. The van der Waals surface area contributed by atoms with Crippen LogP contribution in [-0.4, -0.2) is 24.7 Å². The molecule has 3 aromatic rings. The molecule has 124 valence electrons. The van der Waals surface area contributed by atoms with Gasteiger partial charge in [0.15, 0.2) is 5.75 Å². The average Bonchev–Trinajstić information content (AvgIpc) is 3.10. The van der Waals surface area contributed by atoms with Crippen molar-refractivity contribution in [3.05, 3.63) is 64.7 Å². The average molecular weight is 324 g/mol. The summed E-state index contributed by atoms with van der Waals surface area (Å²) in [6, 6.07) is 11.4. The molecule has 1 atom stereocenters. The number of hydrogen-bond donors (Lipinski definition) is 1. The highest BCUT2D eigenvalue weighted by Gasteiger charge is 2.15. The van der Waals surface area contributed by atoms with E-state index in [1.54, 1.807) is 13.1 Å². The predicted octanol–water partition coefficient (Wildman–Crippen LogP) is 2.77. The van der Waals surface area contributed by atoms with Gasteiger partial charge in [0.1, 0.15) is 5.69 Å². The summed E-state index contributed by atoms with van der Waals surface area (Å²) >= 11 is 0. The van der Waals surface area contributed by atoms with E-state index in [1.165, 1.54) is 6.07 Å². The second-order valence-electron chi connectivity index (χ2n) is 5.78. The molecule has 0 aliphatic rings. The molecule has 0 fully saturated rings. The Morgan fingerprint density at radius 1 is 1.21 bits per heavy atom. The molecule has 0 saturated carbocycles. The summed E-state index contributed by atoms with van der Waals surface area (Å²) in [5, 5.41) is 18.3. The van der Waals surface area contributed by atoms with Gasteiger partial charge in [0.2, 0.25) is 5.43 Å². The molecule has 1 aromatic carbocycles. The molecule has 1 N–H and O–H groups in total. The van der Waals surface area contributed by atoms with E-state index in [9.17, 15) is 9.90 Å². The van der Waals surface area contributed by atoms with Crippen LogP contribution in [0.2, 0.25) is 0 Å². The lowest BCUT2D eigenvalue weighted by molar-refractivity contribution is 0.366. The molecule has 6 nitrogen and oxygen atoms in total. The van der Waals surface area contributed by atoms with Gasteiger partial charge in [-0.25, -0.2) is 4.68 Å². The lowest BCUT2D eigenvalue weighted by Gasteiger charge is -2.19. The van der Waals surface area contributed by atoms with Gasteiger partial charge in [-0.3, -0.25) is 4.79 Å². The van der Waals surface area contributed by atoms with Gasteiger partial charge in [-0.1, -0.05) is 42.5 Å². The fourth-order valence-corrected chi connectivity index (χ4v) is 2.68. The van der Waals surface area contributed by atoms with Crippen LogP contribution >= 0.6 is 0 Å². The summed E-state index contributed by atoms with van der Waals surface area (Å²) in [7, 11) is 0. The second-order valence-corrected chi connectivity index (χ2v) is 5.78. The van der Waals surface area contributed by atoms with Gasteiger partial charge in [0, 0.05) is 24.4 Å². The second kappa shape index (κ2) is 6.70. The van der Waals surface area contributed by atoms with Crippen molar-refractivity contribution in [2.75, 3.05) is 0 Å². The molecule has 0 aliphatic carbocycles. The largest absolute Gasteiger partial charge is 0.503 e. The van der Waals surface area contributed by atoms with Crippen molar-refractivity contribution in [3.63, 3.8) is 0 Å². The van der Waals surface area contributed by atoms with Crippen molar-refractivity contribution in [2.24, 2.45) is 0 Å². The van der Waals surface area contributed by atoms with Crippen LogP contribution in [0, 0.1) is 6.92 Å².